The highest BCUT2D eigenvalue weighted by Crippen LogP contribution is 2.27. The summed E-state index contributed by atoms with van der Waals surface area (Å²) in [6.07, 6.45) is 1.20. The molecule has 1 saturated heterocycles. The Morgan fingerprint density at radius 2 is 1.88 bits per heavy atom. The third-order valence-corrected chi connectivity index (χ3v) is 4.66. The topological polar surface area (TPSA) is 64.6 Å². The summed E-state index contributed by atoms with van der Waals surface area (Å²) in [6.45, 7) is 6.43. The Morgan fingerprint density at radius 1 is 1.12 bits per heavy atom. The highest BCUT2D eigenvalue weighted by Gasteiger charge is 2.23. The van der Waals surface area contributed by atoms with Gasteiger partial charge in [-0.15, -0.1) is 0 Å². The van der Waals surface area contributed by atoms with E-state index in [2.05, 4.69) is 5.32 Å². The van der Waals surface area contributed by atoms with E-state index in [4.69, 9.17) is 9.47 Å². The number of aryl methyl sites for hydroxylation is 2. The quantitative estimate of drug-likeness (QED) is 0.668. The second-order valence-electron chi connectivity index (χ2n) is 6.61. The van der Waals surface area contributed by atoms with Crippen LogP contribution in [0.2, 0.25) is 0 Å². The molecule has 5 nitrogen and oxygen atoms in total. The number of nitrogens with one attached hydrogen (secondary N) is 1. The molecule has 0 bridgehead atoms. The summed E-state index contributed by atoms with van der Waals surface area (Å²) in [6, 6.07) is 10.7. The summed E-state index contributed by atoms with van der Waals surface area (Å²) in [5.41, 5.74) is 3.86. The fourth-order valence-corrected chi connectivity index (χ4v) is 2.97. The molecule has 0 radical (unpaired) electrons. The lowest BCUT2D eigenvalue weighted by atomic mass is 10.1. The molecule has 1 amide bonds. The van der Waals surface area contributed by atoms with Gasteiger partial charge in [0.25, 0.3) is 5.91 Å². The fraction of sp³-hybridized carbons (Fsp3) is 0.333. The number of ether oxygens (including phenoxy) is 2. The van der Waals surface area contributed by atoms with Crippen molar-refractivity contribution >= 4 is 17.6 Å². The maximum absolute atomic E-state index is 12.6. The van der Waals surface area contributed by atoms with Gasteiger partial charge in [-0.25, -0.2) is 4.79 Å². The van der Waals surface area contributed by atoms with Crippen molar-refractivity contribution in [1.29, 1.82) is 0 Å². The van der Waals surface area contributed by atoms with Gasteiger partial charge in [0, 0.05) is 12.3 Å². The average Bonchev–Trinajstić information content (AvgIpc) is 3.17. The van der Waals surface area contributed by atoms with Gasteiger partial charge in [-0.05, 0) is 68.5 Å². The van der Waals surface area contributed by atoms with Crippen molar-refractivity contribution in [3.05, 3.63) is 58.7 Å². The molecule has 1 atom stereocenters. The minimum atomic E-state index is -0.449. The second-order valence-corrected chi connectivity index (χ2v) is 6.61. The Hall–Kier alpha value is -2.66. The molecule has 2 aromatic rings. The van der Waals surface area contributed by atoms with E-state index in [1.54, 1.807) is 24.3 Å². The van der Waals surface area contributed by atoms with Crippen LogP contribution in [0.4, 0.5) is 5.69 Å². The van der Waals surface area contributed by atoms with Gasteiger partial charge in [0.05, 0.1) is 5.56 Å². The van der Waals surface area contributed by atoms with Crippen LogP contribution in [0.1, 0.15) is 39.9 Å². The van der Waals surface area contributed by atoms with Crippen LogP contribution in [0.3, 0.4) is 0 Å². The number of rotatable bonds is 4. The number of esters is 1. The van der Waals surface area contributed by atoms with E-state index < -0.39 is 12.1 Å². The van der Waals surface area contributed by atoms with E-state index in [-0.39, 0.29) is 5.91 Å². The summed E-state index contributed by atoms with van der Waals surface area (Å²) in [7, 11) is 0. The summed E-state index contributed by atoms with van der Waals surface area (Å²) in [5, 5.41) is 2.80. The maximum Gasteiger partial charge on any atom is 0.343 e. The molecule has 0 saturated carbocycles. The number of anilines is 1. The first-order valence-corrected chi connectivity index (χ1v) is 8.77. The Kier molecular flexibility index (Phi) is 5.38. The van der Waals surface area contributed by atoms with E-state index in [1.807, 2.05) is 32.9 Å². The van der Waals surface area contributed by atoms with Gasteiger partial charge in [-0.2, -0.15) is 0 Å². The monoisotopic (exact) mass is 353 g/mol. The van der Waals surface area contributed by atoms with Gasteiger partial charge in [-0.3, -0.25) is 4.79 Å². The third-order valence-electron chi connectivity index (χ3n) is 4.66. The molecular weight excluding hydrogens is 330 g/mol. The van der Waals surface area contributed by atoms with E-state index in [9.17, 15) is 9.59 Å². The molecule has 1 unspecified atom stereocenters. The minimum Gasteiger partial charge on any atom is -0.422 e. The van der Waals surface area contributed by atoms with Crippen molar-refractivity contribution in [3.8, 4) is 5.75 Å². The SMILES string of the molecule is Cc1ccc(C)c(OC(=O)c2cccc(NC(=O)C3CCCO3)c2)c1C. The molecule has 0 spiro atoms. The molecule has 5 heteroatoms. The summed E-state index contributed by atoms with van der Waals surface area (Å²) in [5.74, 6) is -0.0443. The Balaban J connectivity index is 1.74. The van der Waals surface area contributed by atoms with Crippen molar-refractivity contribution < 1.29 is 19.1 Å². The Bertz CT molecular complexity index is 838. The second kappa shape index (κ2) is 7.70. The molecule has 0 aliphatic carbocycles. The fourth-order valence-electron chi connectivity index (χ4n) is 2.97. The Morgan fingerprint density at radius 3 is 2.62 bits per heavy atom. The van der Waals surface area contributed by atoms with Crippen LogP contribution >= 0.6 is 0 Å². The van der Waals surface area contributed by atoms with Crippen LogP contribution in [0.15, 0.2) is 36.4 Å². The lowest BCUT2D eigenvalue weighted by Crippen LogP contribution is -2.27. The third kappa shape index (κ3) is 3.94. The van der Waals surface area contributed by atoms with Gasteiger partial charge >= 0.3 is 5.97 Å². The summed E-state index contributed by atoms with van der Waals surface area (Å²) < 4.78 is 11.0. The van der Waals surface area contributed by atoms with Crippen molar-refractivity contribution in [1.82, 2.24) is 0 Å². The lowest BCUT2D eigenvalue weighted by molar-refractivity contribution is -0.124. The lowest BCUT2D eigenvalue weighted by Gasteiger charge is -2.13. The van der Waals surface area contributed by atoms with Crippen LogP contribution < -0.4 is 10.1 Å². The molecule has 26 heavy (non-hydrogen) atoms. The van der Waals surface area contributed by atoms with E-state index in [1.165, 1.54) is 0 Å². The predicted octanol–water partition coefficient (Wildman–Crippen LogP) is 3.95. The predicted molar refractivity (Wildman–Crippen MR) is 99.7 cm³/mol. The van der Waals surface area contributed by atoms with Crippen molar-refractivity contribution in [3.63, 3.8) is 0 Å². The van der Waals surface area contributed by atoms with Gasteiger partial charge in [0.2, 0.25) is 0 Å². The smallest absolute Gasteiger partial charge is 0.343 e. The summed E-state index contributed by atoms with van der Waals surface area (Å²) >= 11 is 0. The molecule has 1 aliphatic rings. The number of hydrogen-bond donors (Lipinski definition) is 1. The standard InChI is InChI=1S/C21H23NO4/c1-13-9-10-14(2)19(15(13)3)26-21(24)16-6-4-7-17(12-16)22-20(23)18-8-5-11-25-18/h4,6-7,9-10,12,18H,5,8,11H2,1-3H3,(H,22,23). The number of amides is 1. The van der Waals surface area contributed by atoms with E-state index in [0.29, 0.717) is 23.6 Å². The molecule has 1 fully saturated rings. The van der Waals surface area contributed by atoms with E-state index in [0.717, 1.165) is 29.5 Å². The Labute approximate surface area is 153 Å². The largest absolute Gasteiger partial charge is 0.422 e. The van der Waals surface area contributed by atoms with Gasteiger partial charge in [-0.1, -0.05) is 18.2 Å². The molecular formula is C21H23NO4. The first kappa shape index (κ1) is 18.1. The van der Waals surface area contributed by atoms with Gasteiger partial charge < -0.3 is 14.8 Å². The maximum atomic E-state index is 12.6. The van der Waals surface area contributed by atoms with Crippen LogP contribution in [0.25, 0.3) is 0 Å². The normalized spacial score (nSPS) is 16.3. The first-order chi connectivity index (χ1) is 12.5. The zero-order valence-corrected chi connectivity index (χ0v) is 15.3. The molecule has 1 aliphatic heterocycles. The highest BCUT2D eigenvalue weighted by molar-refractivity contribution is 5.97. The number of hydrogen-bond acceptors (Lipinski definition) is 4. The van der Waals surface area contributed by atoms with Crippen LogP contribution in [-0.2, 0) is 9.53 Å². The molecule has 0 aromatic heterocycles. The van der Waals surface area contributed by atoms with Crippen molar-refractivity contribution in [2.24, 2.45) is 0 Å². The average molecular weight is 353 g/mol. The van der Waals surface area contributed by atoms with Crippen LogP contribution in [0, 0.1) is 20.8 Å². The van der Waals surface area contributed by atoms with Crippen LogP contribution in [0.5, 0.6) is 5.75 Å². The molecule has 136 valence electrons. The zero-order valence-electron chi connectivity index (χ0n) is 15.3. The molecule has 1 N–H and O–H groups in total. The van der Waals surface area contributed by atoms with E-state index >= 15 is 0 Å². The van der Waals surface area contributed by atoms with Gasteiger partial charge in [0.1, 0.15) is 11.9 Å². The van der Waals surface area contributed by atoms with Crippen molar-refractivity contribution in [2.75, 3.05) is 11.9 Å². The molecule has 1 heterocycles. The molecule has 3 rings (SSSR count). The minimum absolute atomic E-state index is 0.182. The first-order valence-electron chi connectivity index (χ1n) is 8.77. The van der Waals surface area contributed by atoms with Crippen LogP contribution in [-0.4, -0.2) is 24.6 Å². The zero-order chi connectivity index (χ0) is 18.7. The highest BCUT2D eigenvalue weighted by atomic mass is 16.5. The van der Waals surface area contributed by atoms with Crippen molar-refractivity contribution in [2.45, 2.75) is 39.7 Å². The number of carbonyl (C=O) groups excluding carboxylic acids is 2. The number of carbonyl (C=O) groups is 2. The number of benzene rings is 2. The molecule has 2 aromatic carbocycles. The van der Waals surface area contributed by atoms with Gasteiger partial charge in [0.15, 0.2) is 0 Å². The summed E-state index contributed by atoms with van der Waals surface area (Å²) in [4.78, 5) is 24.7.